The van der Waals surface area contributed by atoms with Crippen LogP contribution in [0, 0.1) is 0 Å². The summed E-state index contributed by atoms with van der Waals surface area (Å²) in [7, 11) is 0. The van der Waals surface area contributed by atoms with Crippen molar-refractivity contribution in [3.63, 3.8) is 0 Å². The van der Waals surface area contributed by atoms with Gasteiger partial charge in [-0.25, -0.2) is 0 Å². The second-order valence-electron chi connectivity index (χ2n) is 4.56. The molecule has 0 radical (unpaired) electrons. The van der Waals surface area contributed by atoms with Crippen molar-refractivity contribution in [2.75, 3.05) is 0 Å². The largest absolute Gasteiger partial charge is 0.152 e. The Morgan fingerprint density at radius 1 is 1.07 bits per heavy atom. The fraction of sp³-hybridized carbons (Fsp3) is 0.286. The molecule has 78 valence electrons. The highest BCUT2D eigenvalue weighted by Crippen LogP contribution is 2.27. The Hall–Kier alpha value is -1.08. The first-order valence-electron chi connectivity index (χ1n) is 5.25. The van der Waals surface area contributed by atoms with Crippen molar-refractivity contribution >= 4 is 11.3 Å². The summed E-state index contributed by atoms with van der Waals surface area (Å²) in [6.07, 6.45) is 1.11. The molecule has 15 heavy (non-hydrogen) atoms. The predicted molar refractivity (Wildman–Crippen MR) is 67.5 cm³/mol. The molecule has 1 heterocycles. The van der Waals surface area contributed by atoms with Gasteiger partial charge in [0, 0.05) is 0 Å². The summed E-state index contributed by atoms with van der Waals surface area (Å²) in [6.45, 7) is 4.61. The Labute approximate surface area is 95.6 Å². The molecule has 0 saturated carbocycles. The SMILES string of the molecule is CC(C)(Cc1ccsc1)c1ccccc1. The maximum absolute atomic E-state index is 2.31. The highest BCUT2D eigenvalue weighted by Gasteiger charge is 2.20. The second-order valence-corrected chi connectivity index (χ2v) is 5.34. The van der Waals surface area contributed by atoms with Crippen LogP contribution >= 0.6 is 11.3 Å². The molecule has 0 aliphatic heterocycles. The molecule has 0 fully saturated rings. The monoisotopic (exact) mass is 216 g/mol. The van der Waals surface area contributed by atoms with Gasteiger partial charge in [0.15, 0.2) is 0 Å². The summed E-state index contributed by atoms with van der Waals surface area (Å²) in [4.78, 5) is 0. The average molecular weight is 216 g/mol. The van der Waals surface area contributed by atoms with Crippen LogP contribution in [0.5, 0.6) is 0 Å². The van der Waals surface area contributed by atoms with Crippen molar-refractivity contribution in [2.45, 2.75) is 25.7 Å². The quantitative estimate of drug-likeness (QED) is 0.719. The zero-order valence-electron chi connectivity index (χ0n) is 9.23. The molecule has 0 atom stereocenters. The third kappa shape index (κ3) is 2.48. The van der Waals surface area contributed by atoms with Gasteiger partial charge in [0.1, 0.15) is 0 Å². The van der Waals surface area contributed by atoms with Crippen LogP contribution in [-0.2, 0) is 11.8 Å². The Balaban J connectivity index is 2.20. The smallest absolute Gasteiger partial charge is 0.00609 e. The van der Waals surface area contributed by atoms with Crippen LogP contribution < -0.4 is 0 Å². The molecular formula is C14H16S. The first-order valence-corrected chi connectivity index (χ1v) is 6.19. The van der Waals surface area contributed by atoms with E-state index in [0.29, 0.717) is 0 Å². The fourth-order valence-electron chi connectivity index (χ4n) is 1.89. The van der Waals surface area contributed by atoms with Crippen molar-refractivity contribution in [1.82, 2.24) is 0 Å². The van der Waals surface area contributed by atoms with Crippen LogP contribution in [0.1, 0.15) is 25.0 Å². The molecule has 0 nitrogen and oxygen atoms in total. The Kier molecular flexibility index (Phi) is 2.92. The van der Waals surface area contributed by atoms with E-state index < -0.39 is 0 Å². The maximum Gasteiger partial charge on any atom is -0.00609 e. The van der Waals surface area contributed by atoms with E-state index in [9.17, 15) is 0 Å². The molecule has 2 aromatic rings. The zero-order valence-corrected chi connectivity index (χ0v) is 10.1. The lowest BCUT2D eigenvalue weighted by atomic mass is 9.80. The standard InChI is InChI=1S/C14H16S/c1-14(2,10-12-8-9-15-11-12)13-6-4-3-5-7-13/h3-9,11H,10H2,1-2H3. The Bertz CT molecular complexity index is 398. The second kappa shape index (κ2) is 4.19. The molecule has 0 unspecified atom stereocenters. The van der Waals surface area contributed by atoms with Gasteiger partial charge in [0.05, 0.1) is 0 Å². The van der Waals surface area contributed by atoms with E-state index in [1.807, 2.05) is 0 Å². The summed E-state index contributed by atoms with van der Waals surface area (Å²) in [5.41, 5.74) is 3.08. The fourth-order valence-corrected chi connectivity index (χ4v) is 2.56. The number of benzene rings is 1. The summed E-state index contributed by atoms with van der Waals surface area (Å²) >= 11 is 1.78. The van der Waals surface area contributed by atoms with Crippen LogP contribution in [-0.4, -0.2) is 0 Å². The number of hydrogen-bond acceptors (Lipinski definition) is 1. The van der Waals surface area contributed by atoms with Crippen LogP contribution in [0.4, 0.5) is 0 Å². The van der Waals surface area contributed by atoms with Crippen molar-refractivity contribution < 1.29 is 0 Å². The normalized spacial score (nSPS) is 11.6. The van der Waals surface area contributed by atoms with Gasteiger partial charge in [-0.2, -0.15) is 11.3 Å². The van der Waals surface area contributed by atoms with Gasteiger partial charge in [-0.05, 0) is 39.8 Å². The van der Waals surface area contributed by atoms with E-state index in [1.165, 1.54) is 11.1 Å². The third-order valence-electron chi connectivity index (χ3n) is 2.78. The maximum atomic E-state index is 2.31. The van der Waals surface area contributed by atoms with E-state index in [-0.39, 0.29) is 5.41 Å². The lowest BCUT2D eigenvalue weighted by Crippen LogP contribution is -2.19. The van der Waals surface area contributed by atoms with Crippen LogP contribution in [0.15, 0.2) is 47.2 Å². The van der Waals surface area contributed by atoms with Crippen molar-refractivity contribution in [1.29, 1.82) is 0 Å². The summed E-state index contributed by atoms with van der Waals surface area (Å²) in [5, 5.41) is 4.39. The highest BCUT2D eigenvalue weighted by atomic mass is 32.1. The van der Waals surface area contributed by atoms with Crippen molar-refractivity contribution in [3.8, 4) is 0 Å². The molecule has 0 saturated heterocycles. The lowest BCUT2D eigenvalue weighted by Gasteiger charge is -2.24. The molecule has 1 aromatic heterocycles. The van der Waals surface area contributed by atoms with Gasteiger partial charge in [0.25, 0.3) is 0 Å². The minimum atomic E-state index is 0.225. The zero-order chi connectivity index (χ0) is 10.7. The van der Waals surface area contributed by atoms with E-state index in [0.717, 1.165) is 6.42 Å². The molecule has 1 aromatic carbocycles. The van der Waals surface area contributed by atoms with E-state index in [2.05, 4.69) is 61.0 Å². The van der Waals surface area contributed by atoms with Crippen LogP contribution in [0.25, 0.3) is 0 Å². The molecule has 2 rings (SSSR count). The molecule has 0 aliphatic carbocycles. The summed E-state index contributed by atoms with van der Waals surface area (Å²) < 4.78 is 0. The van der Waals surface area contributed by atoms with Gasteiger partial charge in [-0.15, -0.1) is 0 Å². The minimum absolute atomic E-state index is 0.225. The average Bonchev–Trinajstić information content (AvgIpc) is 2.71. The van der Waals surface area contributed by atoms with Gasteiger partial charge < -0.3 is 0 Å². The van der Waals surface area contributed by atoms with E-state index in [1.54, 1.807) is 11.3 Å². The van der Waals surface area contributed by atoms with Crippen LogP contribution in [0.2, 0.25) is 0 Å². The van der Waals surface area contributed by atoms with Crippen LogP contribution in [0.3, 0.4) is 0 Å². The molecular weight excluding hydrogens is 200 g/mol. The van der Waals surface area contributed by atoms with Gasteiger partial charge in [-0.1, -0.05) is 44.2 Å². The van der Waals surface area contributed by atoms with Gasteiger partial charge in [0.2, 0.25) is 0 Å². The predicted octanol–water partition coefficient (Wildman–Crippen LogP) is 4.27. The lowest BCUT2D eigenvalue weighted by molar-refractivity contribution is 0.523. The number of hydrogen-bond donors (Lipinski definition) is 0. The van der Waals surface area contributed by atoms with Crippen molar-refractivity contribution in [2.24, 2.45) is 0 Å². The first-order chi connectivity index (χ1) is 7.18. The minimum Gasteiger partial charge on any atom is -0.152 e. The number of rotatable bonds is 3. The molecule has 0 aliphatic rings. The molecule has 0 amide bonds. The van der Waals surface area contributed by atoms with Gasteiger partial charge in [-0.3, -0.25) is 0 Å². The molecule has 0 N–H and O–H groups in total. The molecule has 0 spiro atoms. The highest BCUT2D eigenvalue weighted by molar-refractivity contribution is 7.07. The third-order valence-corrected chi connectivity index (χ3v) is 3.51. The first kappa shape index (κ1) is 10.4. The Morgan fingerprint density at radius 3 is 2.40 bits per heavy atom. The van der Waals surface area contributed by atoms with E-state index >= 15 is 0 Å². The van der Waals surface area contributed by atoms with Crippen molar-refractivity contribution in [3.05, 3.63) is 58.3 Å². The molecule has 1 heteroatoms. The summed E-state index contributed by atoms with van der Waals surface area (Å²) in [5.74, 6) is 0. The van der Waals surface area contributed by atoms with E-state index in [4.69, 9.17) is 0 Å². The topological polar surface area (TPSA) is 0 Å². The van der Waals surface area contributed by atoms with Gasteiger partial charge >= 0.3 is 0 Å². The summed E-state index contributed by atoms with van der Waals surface area (Å²) in [6, 6.07) is 13.0. The number of thiophene rings is 1. The molecule has 0 bridgehead atoms. The Morgan fingerprint density at radius 2 is 1.80 bits per heavy atom.